The third-order valence-corrected chi connectivity index (χ3v) is 4.50. The van der Waals surface area contributed by atoms with Crippen molar-refractivity contribution in [3.8, 4) is 5.75 Å². The predicted molar refractivity (Wildman–Crippen MR) is 105 cm³/mol. The molecule has 2 aromatic rings. The molecule has 0 spiro atoms. The lowest BCUT2D eigenvalue weighted by molar-refractivity contribution is 0.0383. The van der Waals surface area contributed by atoms with Crippen LogP contribution in [0.2, 0.25) is 5.02 Å². The molecule has 1 saturated heterocycles. The van der Waals surface area contributed by atoms with E-state index in [0.717, 1.165) is 32.8 Å². The summed E-state index contributed by atoms with van der Waals surface area (Å²) in [4.78, 5) is 18.9. The zero-order valence-corrected chi connectivity index (χ0v) is 16.0. The Bertz CT molecular complexity index is 781. The Balaban J connectivity index is 1.59. The van der Waals surface area contributed by atoms with Crippen molar-refractivity contribution in [3.63, 3.8) is 0 Å². The van der Waals surface area contributed by atoms with Gasteiger partial charge in [-0.1, -0.05) is 11.6 Å². The Morgan fingerprint density at radius 3 is 2.89 bits per heavy atom. The van der Waals surface area contributed by atoms with Gasteiger partial charge < -0.3 is 20.1 Å². The summed E-state index contributed by atoms with van der Waals surface area (Å²) in [6.45, 7) is 4.71. The lowest BCUT2D eigenvalue weighted by Crippen LogP contribution is -2.41. The van der Waals surface area contributed by atoms with Crippen LogP contribution in [0.15, 0.2) is 36.5 Å². The zero-order chi connectivity index (χ0) is 19.1. The van der Waals surface area contributed by atoms with Gasteiger partial charge in [-0.2, -0.15) is 0 Å². The van der Waals surface area contributed by atoms with Crippen molar-refractivity contribution in [2.45, 2.75) is 0 Å². The van der Waals surface area contributed by atoms with Crippen LogP contribution in [-0.2, 0) is 4.74 Å². The summed E-state index contributed by atoms with van der Waals surface area (Å²) < 4.78 is 10.6. The maximum atomic E-state index is 12.4. The molecule has 0 aliphatic carbocycles. The summed E-state index contributed by atoms with van der Waals surface area (Å²) >= 11 is 6.05. The Hall–Kier alpha value is -2.35. The molecule has 0 bridgehead atoms. The first-order valence-corrected chi connectivity index (χ1v) is 9.18. The van der Waals surface area contributed by atoms with Crippen molar-refractivity contribution in [1.82, 2.24) is 15.2 Å². The summed E-state index contributed by atoms with van der Waals surface area (Å²) in [6, 6.07) is 8.65. The fraction of sp³-hybridized carbons (Fsp3) is 0.368. The van der Waals surface area contributed by atoms with Crippen molar-refractivity contribution >= 4 is 29.0 Å². The molecule has 2 N–H and O–H groups in total. The molecule has 1 aromatic carbocycles. The summed E-state index contributed by atoms with van der Waals surface area (Å²) in [5, 5.41) is 6.67. The second-order valence-electron chi connectivity index (χ2n) is 6.11. The molecule has 3 rings (SSSR count). The van der Waals surface area contributed by atoms with E-state index in [1.165, 1.54) is 0 Å². The lowest BCUT2D eigenvalue weighted by Gasteiger charge is -2.26. The van der Waals surface area contributed by atoms with Crippen LogP contribution in [0.5, 0.6) is 5.75 Å². The second-order valence-corrected chi connectivity index (χ2v) is 6.55. The number of ether oxygens (including phenoxy) is 2. The average Bonchev–Trinajstić information content (AvgIpc) is 2.69. The number of carbonyl (C=O) groups excluding carboxylic acids is 1. The summed E-state index contributed by atoms with van der Waals surface area (Å²) in [5.74, 6) is 1.05. The molecule has 1 aliphatic rings. The van der Waals surface area contributed by atoms with Crippen LogP contribution in [0.1, 0.15) is 10.4 Å². The third-order valence-electron chi connectivity index (χ3n) is 4.26. The molecular weight excluding hydrogens is 368 g/mol. The van der Waals surface area contributed by atoms with Gasteiger partial charge in [0.05, 0.1) is 26.0 Å². The van der Waals surface area contributed by atoms with Crippen LogP contribution in [0.25, 0.3) is 0 Å². The number of benzene rings is 1. The number of amides is 1. The first kappa shape index (κ1) is 19.4. The molecule has 1 fully saturated rings. The molecule has 7 nitrogen and oxygen atoms in total. The number of halogens is 1. The number of pyridine rings is 1. The Labute approximate surface area is 163 Å². The molecule has 0 radical (unpaired) electrons. The normalized spacial score (nSPS) is 14.6. The molecule has 1 amide bonds. The Morgan fingerprint density at radius 1 is 1.30 bits per heavy atom. The van der Waals surface area contributed by atoms with Gasteiger partial charge in [-0.25, -0.2) is 4.98 Å². The second kappa shape index (κ2) is 9.55. The highest BCUT2D eigenvalue weighted by Gasteiger charge is 2.12. The van der Waals surface area contributed by atoms with Gasteiger partial charge in [0.2, 0.25) is 0 Å². The maximum Gasteiger partial charge on any atom is 0.251 e. The average molecular weight is 391 g/mol. The number of morpholine rings is 1. The summed E-state index contributed by atoms with van der Waals surface area (Å²) in [7, 11) is 1.58. The third kappa shape index (κ3) is 5.56. The topological polar surface area (TPSA) is 75.7 Å². The molecule has 0 atom stereocenters. The fourth-order valence-corrected chi connectivity index (χ4v) is 2.98. The highest BCUT2D eigenvalue weighted by Crippen LogP contribution is 2.30. The number of carbonyl (C=O) groups is 1. The standard InChI is InChI=1S/C19H23ClN4O3/c1-26-17-3-2-15(20)13-16(17)23-18-12-14(4-5-21-18)19(25)22-6-7-24-8-10-27-11-9-24/h2-5,12-13H,6-11H2,1H3,(H,21,23)(H,22,25). The van der Waals surface area contributed by atoms with Gasteiger partial charge in [0.25, 0.3) is 5.91 Å². The number of rotatable bonds is 7. The fourth-order valence-electron chi connectivity index (χ4n) is 2.81. The Morgan fingerprint density at radius 2 is 2.11 bits per heavy atom. The number of anilines is 2. The van der Waals surface area contributed by atoms with Crippen molar-refractivity contribution in [2.75, 3.05) is 51.8 Å². The van der Waals surface area contributed by atoms with Crippen LogP contribution in [0, 0.1) is 0 Å². The molecular formula is C19H23ClN4O3. The molecule has 8 heteroatoms. The van der Waals surface area contributed by atoms with E-state index in [9.17, 15) is 4.79 Å². The minimum Gasteiger partial charge on any atom is -0.495 e. The molecule has 0 saturated carbocycles. The first-order chi connectivity index (χ1) is 13.2. The quantitative estimate of drug-likeness (QED) is 0.756. The van der Waals surface area contributed by atoms with Crippen LogP contribution < -0.4 is 15.4 Å². The van der Waals surface area contributed by atoms with Gasteiger partial charge in [0.1, 0.15) is 11.6 Å². The minimum absolute atomic E-state index is 0.133. The summed E-state index contributed by atoms with van der Waals surface area (Å²) in [6.07, 6.45) is 1.59. The van der Waals surface area contributed by atoms with Gasteiger partial charge in [-0.15, -0.1) is 0 Å². The van der Waals surface area contributed by atoms with Crippen molar-refractivity contribution in [3.05, 3.63) is 47.1 Å². The highest BCUT2D eigenvalue weighted by atomic mass is 35.5. The van der Waals surface area contributed by atoms with E-state index in [2.05, 4.69) is 20.5 Å². The van der Waals surface area contributed by atoms with Crippen LogP contribution >= 0.6 is 11.6 Å². The van der Waals surface area contributed by atoms with Crippen molar-refractivity contribution in [2.24, 2.45) is 0 Å². The number of hydrogen-bond donors (Lipinski definition) is 2. The van der Waals surface area contributed by atoms with E-state index in [1.807, 2.05) is 0 Å². The maximum absolute atomic E-state index is 12.4. The minimum atomic E-state index is -0.133. The number of aromatic nitrogens is 1. The van der Waals surface area contributed by atoms with Gasteiger partial charge in [0, 0.05) is 43.0 Å². The smallest absolute Gasteiger partial charge is 0.251 e. The van der Waals surface area contributed by atoms with E-state index in [4.69, 9.17) is 21.1 Å². The zero-order valence-electron chi connectivity index (χ0n) is 15.2. The monoisotopic (exact) mass is 390 g/mol. The van der Waals surface area contributed by atoms with E-state index in [1.54, 1.807) is 43.6 Å². The molecule has 2 heterocycles. The number of hydrogen-bond acceptors (Lipinski definition) is 6. The number of methoxy groups -OCH3 is 1. The largest absolute Gasteiger partial charge is 0.495 e. The van der Waals surface area contributed by atoms with Crippen LogP contribution in [-0.4, -0.2) is 62.3 Å². The molecule has 144 valence electrons. The molecule has 1 aromatic heterocycles. The molecule has 1 aliphatic heterocycles. The van der Waals surface area contributed by atoms with E-state index in [-0.39, 0.29) is 5.91 Å². The first-order valence-electron chi connectivity index (χ1n) is 8.80. The van der Waals surface area contributed by atoms with E-state index >= 15 is 0 Å². The van der Waals surface area contributed by atoms with Gasteiger partial charge >= 0.3 is 0 Å². The molecule has 27 heavy (non-hydrogen) atoms. The summed E-state index contributed by atoms with van der Waals surface area (Å²) in [5.41, 5.74) is 1.22. The predicted octanol–water partition coefficient (Wildman–Crippen LogP) is 2.55. The van der Waals surface area contributed by atoms with Crippen LogP contribution in [0.3, 0.4) is 0 Å². The van der Waals surface area contributed by atoms with E-state index in [0.29, 0.717) is 34.4 Å². The number of nitrogens with one attached hydrogen (secondary N) is 2. The van der Waals surface area contributed by atoms with Gasteiger partial charge in [-0.3, -0.25) is 9.69 Å². The SMILES string of the molecule is COc1ccc(Cl)cc1Nc1cc(C(=O)NCCN2CCOCC2)ccn1. The highest BCUT2D eigenvalue weighted by molar-refractivity contribution is 6.31. The Kier molecular flexibility index (Phi) is 6.86. The van der Waals surface area contributed by atoms with Crippen molar-refractivity contribution < 1.29 is 14.3 Å². The number of nitrogens with zero attached hydrogens (tertiary/aromatic N) is 2. The van der Waals surface area contributed by atoms with E-state index < -0.39 is 0 Å². The van der Waals surface area contributed by atoms with Crippen molar-refractivity contribution in [1.29, 1.82) is 0 Å². The van der Waals surface area contributed by atoms with Gasteiger partial charge in [0.15, 0.2) is 0 Å². The lowest BCUT2D eigenvalue weighted by atomic mass is 10.2. The van der Waals surface area contributed by atoms with Crippen LogP contribution in [0.4, 0.5) is 11.5 Å². The van der Waals surface area contributed by atoms with Gasteiger partial charge in [-0.05, 0) is 30.3 Å². The molecule has 0 unspecified atom stereocenters.